The predicted octanol–water partition coefficient (Wildman–Crippen LogP) is 0.706. The molecule has 2 atom stereocenters. The highest BCUT2D eigenvalue weighted by Gasteiger charge is 2.50. The van der Waals surface area contributed by atoms with Gasteiger partial charge in [0, 0.05) is 32.7 Å². The molecule has 2 fully saturated rings. The summed E-state index contributed by atoms with van der Waals surface area (Å²) in [5, 5.41) is 0. The Morgan fingerprint density at radius 1 is 1.25 bits per heavy atom. The predicted molar refractivity (Wildman–Crippen MR) is 87.3 cm³/mol. The summed E-state index contributed by atoms with van der Waals surface area (Å²) in [6.07, 6.45) is 0.890. The van der Waals surface area contributed by atoms with Gasteiger partial charge in [-0.25, -0.2) is 8.42 Å². The monoisotopic (exact) mass is 354 g/mol. The summed E-state index contributed by atoms with van der Waals surface area (Å²) >= 11 is 0. The molecule has 2 aliphatic heterocycles. The molecule has 2 saturated heterocycles. The number of rotatable bonds is 6. The number of nitrogens with zero attached hydrogens (tertiary/aromatic N) is 2. The van der Waals surface area contributed by atoms with E-state index >= 15 is 0 Å². The van der Waals surface area contributed by atoms with Crippen molar-refractivity contribution in [3.63, 3.8) is 0 Å². The molecule has 0 aromatic heterocycles. The van der Waals surface area contributed by atoms with Gasteiger partial charge >= 0.3 is 0 Å². The van der Waals surface area contributed by atoms with Crippen molar-refractivity contribution >= 4 is 15.9 Å². The smallest absolute Gasteiger partial charge is 0.243 e. The van der Waals surface area contributed by atoms with Crippen molar-refractivity contribution in [3.8, 4) is 5.75 Å². The molecule has 24 heavy (non-hydrogen) atoms. The number of hydrogen-bond donors (Lipinski definition) is 0. The van der Waals surface area contributed by atoms with E-state index in [9.17, 15) is 13.2 Å². The van der Waals surface area contributed by atoms with Gasteiger partial charge in [0.15, 0.2) is 0 Å². The molecule has 8 heteroatoms. The third-order valence-electron chi connectivity index (χ3n) is 4.75. The quantitative estimate of drug-likeness (QED) is 0.752. The molecular weight excluding hydrogens is 332 g/mol. The molecule has 7 nitrogen and oxygen atoms in total. The molecule has 1 amide bonds. The van der Waals surface area contributed by atoms with E-state index in [1.165, 1.54) is 17.5 Å². The Bertz CT molecular complexity index is 721. The molecule has 2 unspecified atom stereocenters. The van der Waals surface area contributed by atoms with Gasteiger partial charge in [-0.2, -0.15) is 4.31 Å². The van der Waals surface area contributed by atoms with Crippen LogP contribution in [-0.2, 0) is 19.6 Å². The Hall–Kier alpha value is -1.64. The maximum Gasteiger partial charge on any atom is 0.243 e. The molecule has 0 bridgehead atoms. The van der Waals surface area contributed by atoms with Gasteiger partial charge in [0.2, 0.25) is 15.9 Å². The SMILES string of the molecule is COCCN1C(=O)CC2C1CCN2S(=O)(=O)c1cccc(OC)c1. The lowest BCUT2D eigenvalue weighted by atomic mass is 10.1. The van der Waals surface area contributed by atoms with Crippen LogP contribution in [0.25, 0.3) is 0 Å². The van der Waals surface area contributed by atoms with Crippen LogP contribution in [0, 0.1) is 0 Å². The highest BCUT2D eigenvalue weighted by molar-refractivity contribution is 7.89. The fourth-order valence-electron chi connectivity index (χ4n) is 3.57. The van der Waals surface area contributed by atoms with E-state index in [4.69, 9.17) is 9.47 Å². The van der Waals surface area contributed by atoms with E-state index in [2.05, 4.69) is 0 Å². The summed E-state index contributed by atoms with van der Waals surface area (Å²) in [4.78, 5) is 14.2. The standard InChI is InChI=1S/C16H22N2O5S/c1-22-9-8-17-14-6-7-18(15(14)11-16(17)19)24(20,21)13-5-3-4-12(10-13)23-2/h3-5,10,14-15H,6-9,11H2,1-2H3. The van der Waals surface area contributed by atoms with Crippen molar-refractivity contribution in [1.29, 1.82) is 0 Å². The van der Waals surface area contributed by atoms with Crippen molar-refractivity contribution in [1.82, 2.24) is 9.21 Å². The first kappa shape index (κ1) is 17.2. The number of benzene rings is 1. The van der Waals surface area contributed by atoms with Gasteiger partial charge in [-0.15, -0.1) is 0 Å². The van der Waals surface area contributed by atoms with Crippen LogP contribution in [0.3, 0.4) is 0 Å². The lowest BCUT2D eigenvalue weighted by Gasteiger charge is -2.25. The molecular formula is C16H22N2O5S. The van der Waals surface area contributed by atoms with Gasteiger partial charge in [-0.3, -0.25) is 4.79 Å². The first-order valence-electron chi connectivity index (χ1n) is 7.93. The molecule has 0 spiro atoms. The molecule has 0 N–H and O–H groups in total. The van der Waals surface area contributed by atoms with Gasteiger partial charge in [-0.1, -0.05) is 6.07 Å². The van der Waals surface area contributed by atoms with Gasteiger partial charge in [0.05, 0.1) is 30.7 Å². The summed E-state index contributed by atoms with van der Waals surface area (Å²) in [6, 6.07) is 6.08. The Morgan fingerprint density at radius 2 is 2.04 bits per heavy atom. The normalized spacial score (nSPS) is 24.4. The Labute approximate surface area is 142 Å². The van der Waals surface area contributed by atoms with Crippen molar-refractivity contribution < 1.29 is 22.7 Å². The lowest BCUT2D eigenvalue weighted by Crippen LogP contribution is -2.40. The number of methoxy groups -OCH3 is 2. The van der Waals surface area contributed by atoms with Gasteiger partial charge in [-0.05, 0) is 18.6 Å². The number of sulfonamides is 1. The number of ether oxygens (including phenoxy) is 2. The topological polar surface area (TPSA) is 76.2 Å². The van der Waals surface area contributed by atoms with Crippen LogP contribution in [0.1, 0.15) is 12.8 Å². The largest absolute Gasteiger partial charge is 0.497 e. The second-order valence-electron chi connectivity index (χ2n) is 6.00. The van der Waals surface area contributed by atoms with Crippen LogP contribution in [0.5, 0.6) is 5.75 Å². The van der Waals surface area contributed by atoms with Gasteiger partial charge in [0.1, 0.15) is 5.75 Å². The number of carbonyl (C=O) groups is 1. The Balaban J connectivity index is 1.84. The Kier molecular flexibility index (Phi) is 4.80. The average Bonchev–Trinajstić information content (AvgIpc) is 3.11. The first-order valence-corrected chi connectivity index (χ1v) is 9.37. The molecule has 1 aromatic carbocycles. The van der Waals surface area contributed by atoms with Crippen molar-refractivity contribution in [2.45, 2.75) is 29.8 Å². The maximum atomic E-state index is 13.0. The number of carbonyl (C=O) groups excluding carboxylic acids is 1. The van der Waals surface area contributed by atoms with Crippen LogP contribution in [0.2, 0.25) is 0 Å². The molecule has 2 aliphatic rings. The van der Waals surface area contributed by atoms with Crippen LogP contribution in [-0.4, -0.2) is 69.5 Å². The molecule has 0 aliphatic carbocycles. The number of likely N-dealkylation sites (tertiary alicyclic amines) is 1. The van der Waals surface area contributed by atoms with Crippen molar-refractivity contribution in [3.05, 3.63) is 24.3 Å². The zero-order valence-corrected chi connectivity index (χ0v) is 14.7. The first-order chi connectivity index (χ1) is 11.5. The van der Waals surface area contributed by atoms with Crippen LogP contribution in [0.15, 0.2) is 29.2 Å². The molecule has 0 saturated carbocycles. The van der Waals surface area contributed by atoms with E-state index in [1.807, 2.05) is 0 Å². The third-order valence-corrected chi connectivity index (χ3v) is 6.67. The summed E-state index contributed by atoms with van der Waals surface area (Å²) in [5.74, 6) is 0.489. The highest BCUT2D eigenvalue weighted by Crippen LogP contribution is 2.36. The summed E-state index contributed by atoms with van der Waals surface area (Å²) in [5.41, 5.74) is 0. The molecule has 1 aromatic rings. The minimum atomic E-state index is -3.65. The molecule has 132 valence electrons. The van der Waals surface area contributed by atoms with Crippen LogP contribution < -0.4 is 4.74 Å². The number of fused-ring (bicyclic) bond motifs is 1. The van der Waals surface area contributed by atoms with E-state index in [0.717, 1.165) is 0 Å². The lowest BCUT2D eigenvalue weighted by molar-refractivity contribution is -0.129. The zero-order chi connectivity index (χ0) is 17.3. The average molecular weight is 354 g/mol. The number of amides is 1. The summed E-state index contributed by atoms with van der Waals surface area (Å²) in [6.45, 7) is 1.38. The highest BCUT2D eigenvalue weighted by atomic mass is 32.2. The van der Waals surface area contributed by atoms with Crippen LogP contribution in [0.4, 0.5) is 0 Å². The molecule has 2 heterocycles. The minimum absolute atomic E-state index is 0.00686. The van der Waals surface area contributed by atoms with Crippen molar-refractivity contribution in [2.24, 2.45) is 0 Å². The van der Waals surface area contributed by atoms with Gasteiger partial charge < -0.3 is 14.4 Å². The Morgan fingerprint density at radius 3 is 2.75 bits per heavy atom. The van der Waals surface area contributed by atoms with Crippen LogP contribution >= 0.6 is 0 Å². The molecule has 3 rings (SSSR count). The second-order valence-corrected chi connectivity index (χ2v) is 7.89. The fraction of sp³-hybridized carbons (Fsp3) is 0.562. The third kappa shape index (κ3) is 2.89. The fourth-order valence-corrected chi connectivity index (χ4v) is 5.27. The van der Waals surface area contributed by atoms with Crippen molar-refractivity contribution in [2.75, 3.05) is 33.9 Å². The minimum Gasteiger partial charge on any atom is -0.497 e. The maximum absolute atomic E-state index is 13.0. The zero-order valence-electron chi connectivity index (χ0n) is 13.8. The summed E-state index contributed by atoms with van der Waals surface area (Å²) < 4.78 is 37.6. The second kappa shape index (κ2) is 6.70. The number of hydrogen-bond acceptors (Lipinski definition) is 5. The van der Waals surface area contributed by atoms with E-state index < -0.39 is 10.0 Å². The van der Waals surface area contributed by atoms with E-state index in [0.29, 0.717) is 31.9 Å². The van der Waals surface area contributed by atoms with E-state index in [1.54, 1.807) is 30.2 Å². The molecule has 0 radical (unpaired) electrons. The summed E-state index contributed by atoms with van der Waals surface area (Å²) in [7, 11) is -0.559. The van der Waals surface area contributed by atoms with Gasteiger partial charge in [0.25, 0.3) is 0 Å². The van der Waals surface area contributed by atoms with E-state index in [-0.39, 0.29) is 29.3 Å².